The highest BCUT2D eigenvalue weighted by atomic mass is 32.2. The number of anilines is 1. The summed E-state index contributed by atoms with van der Waals surface area (Å²) in [7, 11) is 0. The monoisotopic (exact) mass is 365 g/mol. The Kier molecular flexibility index (Phi) is 4.71. The molecule has 0 saturated carbocycles. The van der Waals surface area contributed by atoms with Crippen LogP contribution in [0.3, 0.4) is 0 Å². The number of hydrogen-bond acceptors (Lipinski definition) is 5. The number of nitrogens with zero attached hydrogens (tertiary/aromatic N) is 5. The number of rotatable bonds is 5. The zero-order valence-electron chi connectivity index (χ0n) is 14.4. The number of fused-ring (bicyclic) bond motifs is 1. The highest BCUT2D eigenvalue weighted by Crippen LogP contribution is 2.32. The molecule has 1 amide bonds. The van der Waals surface area contributed by atoms with Crippen molar-refractivity contribution in [2.24, 2.45) is 0 Å². The van der Waals surface area contributed by atoms with Gasteiger partial charge in [0, 0.05) is 11.7 Å². The number of carbonyl (C=O) groups is 1. The van der Waals surface area contributed by atoms with Gasteiger partial charge in [0.1, 0.15) is 0 Å². The molecule has 0 bridgehead atoms. The average molecular weight is 365 g/mol. The fourth-order valence-electron chi connectivity index (χ4n) is 3.30. The summed E-state index contributed by atoms with van der Waals surface area (Å²) in [6.45, 7) is 2.68. The van der Waals surface area contributed by atoms with Gasteiger partial charge in [-0.15, -0.1) is 5.10 Å². The van der Waals surface area contributed by atoms with E-state index in [-0.39, 0.29) is 11.9 Å². The van der Waals surface area contributed by atoms with Crippen molar-refractivity contribution in [3.05, 3.63) is 65.7 Å². The first kappa shape index (κ1) is 16.8. The maximum atomic E-state index is 12.8. The minimum absolute atomic E-state index is 0.0849. The number of aromatic nitrogens is 4. The maximum absolute atomic E-state index is 12.8. The lowest BCUT2D eigenvalue weighted by Crippen LogP contribution is -2.37. The van der Waals surface area contributed by atoms with E-state index in [1.165, 1.54) is 17.3 Å². The smallest absolute Gasteiger partial charge is 0.237 e. The van der Waals surface area contributed by atoms with Crippen molar-refractivity contribution in [1.29, 1.82) is 0 Å². The fraction of sp³-hybridized carbons (Fsp3) is 0.263. The van der Waals surface area contributed by atoms with Crippen molar-refractivity contribution in [3.8, 4) is 0 Å². The Balaban J connectivity index is 1.44. The first-order chi connectivity index (χ1) is 12.7. The highest BCUT2D eigenvalue weighted by molar-refractivity contribution is 7.99. The van der Waals surface area contributed by atoms with Gasteiger partial charge in [0.05, 0.1) is 12.3 Å². The molecule has 3 aromatic rings. The van der Waals surface area contributed by atoms with Crippen molar-refractivity contribution in [3.63, 3.8) is 0 Å². The number of hydrogen-bond donors (Lipinski definition) is 0. The van der Waals surface area contributed by atoms with Gasteiger partial charge < -0.3 is 4.90 Å². The van der Waals surface area contributed by atoms with Crippen LogP contribution in [0.5, 0.6) is 0 Å². The maximum Gasteiger partial charge on any atom is 0.237 e. The van der Waals surface area contributed by atoms with Crippen LogP contribution in [-0.2, 0) is 17.8 Å². The van der Waals surface area contributed by atoms with Gasteiger partial charge in [-0.3, -0.25) is 4.79 Å². The van der Waals surface area contributed by atoms with Gasteiger partial charge >= 0.3 is 0 Å². The number of tetrazole rings is 1. The zero-order chi connectivity index (χ0) is 17.9. The Morgan fingerprint density at radius 2 is 1.92 bits per heavy atom. The second kappa shape index (κ2) is 7.29. The number of benzene rings is 2. The molecule has 2 heterocycles. The van der Waals surface area contributed by atoms with E-state index in [2.05, 4.69) is 28.5 Å². The SMILES string of the molecule is C[C@H]1Cc2ccccc2N1C(=O)CSc1nnnn1Cc1ccccc1. The molecule has 0 N–H and O–H groups in total. The van der Waals surface area contributed by atoms with Gasteiger partial charge in [0.25, 0.3) is 0 Å². The van der Waals surface area contributed by atoms with E-state index in [0.29, 0.717) is 17.5 Å². The Morgan fingerprint density at radius 3 is 2.77 bits per heavy atom. The molecule has 6 nitrogen and oxygen atoms in total. The van der Waals surface area contributed by atoms with Crippen molar-refractivity contribution in [2.75, 3.05) is 10.7 Å². The molecule has 0 radical (unpaired) electrons. The summed E-state index contributed by atoms with van der Waals surface area (Å²) in [4.78, 5) is 14.7. The van der Waals surface area contributed by atoms with Gasteiger partial charge in [0.2, 0.25) is 11.1 Å². The lowest BCUT2D eigenvalue weighted by atomic mass is 10.1. The molecule has 4 rings (SSSR count). The number of para-hydroxylation sites is 1. The lowest BCUT2D eigenvalue weighted by molar-refractivity contribution is -0.116. The van der Waals surface area contributed by atoms with Crippen molar-refractivity contribution < 1.29 is 4.79 Å². The molecular weight excluding hydrogens is 346 g/mol. The quantitative estimate of drug-likeness (QED) is 0.651. The Hall–Kier alpha value is -2.67. The summed E-state index contributed by atoms with van der Waals surface area (Å²) in [6, 6.07) is 18.3. The van der Waals surface area contributed by atoms with Gasteiger partial charge in [-0.25, -0.2) is 4.68 Å². The molecule has 0 saturated heterocycles. The third-order valence-corrected chi connectivity index (χ3v) is 5.42. The van der Waals surface area contributed by atoms with Gasteiger partial charge in [-0.05, 0) is 41.0 Å². The molecule has 0 spiro atoms. The summed E-state index contributed by atoms with van der Waals surface area (Å²) < 4.78 is 1.73. The molecule has 0 aliphatic carbocycles. The summed E-state index contributed by atoms with van der Waals surface area (Å²) in [5.74, 6) is 0.398. The van der Waals surface area contributed by atoms with E-state index in [1.807, 2.05) is 53.4 Å². The van der Waals surface area contributed by atoms with E-state index in [1.54, 1.807) is 4.68 Å². The molecule has 26 heavy (non-hydrogen) atoms. The topological polar surface area (TPSA) is 63.9 Å². The number of carbonyl (C=O) groups excluding carboxylic acids is 1. The molecular formula is C19H19N5OS. The van der Waals surface area contributed by atoms with Crippen LogP contribution in [0.4, 0.5) is 5.69 Å². The van der Waals surface area contributed by atoms with Crippen LogP contribution in [-0.4, -0.2) is 37.9 Å². The highest BCUT2D eigenvalue weighted by Gasteiger charge is 2.30. The van der Waals surface area contributed by atoms with Gasteiger partial charge in [-0.2, -0.15) is 0 Å². The van der Waals surface area contributed by atoms with Crippen LogP contribution >= 0.6 is 11.8 Å². The van der Waals surface area contributed by atoms with Crippen LogP contribution in [0.1, 0.15) is 18.1 Å². The molecule has 0 unspecified atom stereocenters. The van der Waals surface area contributed by atoms with E-state index >= 15 is 0 Å². The predicted molar refractivity (Wildman–Crippen MR) is 101 cm³/mol. The minimum atomic E-state index is 0.0849. The summed E-state index contributed by atoms with van der Waals surface area (Å²) in [6.07, 6.45) is 0.901. The van der Waals surface area contributed by atoms with Gasteiger partial charge in [0.15, 0.2) is 0 Å². The Bertz CT molecular complexity index is 911. The van der Waals surface area contributed by atoms with Crippen LogP contribution in [0.15, 0.2) is 59.8 Å². The van der Waals surface area contributed by atoms with Crippen LogP contribution in [0.2, 0.25) is 0 Å². The largest absolute Gasteiger partial charge is 0.308 e. The van der Waals surface area contributed by atoms with E-state index in [0.717, 1.165) is 17.7 Å². The first-order valence-corrected chi connectivity index (χ1v) is 9.54. The lowest BCUT2D eigenvalue weighted by Gasteiger charge is -2.22. The predicted octanol–water partition coefficient (Wildman–Crippen LogP) is 2.79. The molecule has 1 aromatic heterocycles. The zero-order valence-corrected chi connectivity index (χ0v) is 15.3. The van der Waals surface area contributed by atoms with E-state index in [4.69, 9.17) is 0 Å². The standard InChI is InChI=1S/C19H19N5OS/c1-14-11-16-9-5-6-10-17(16)24(14)18(25)13-26-19-20-21-22-23(19)12-15-7-3-2-4-8-15/h2-10,14H,11-13H2,1H3/t14-/m0/s1. The molecule has 1 aliphatic rings. The van der Waals surface area contributed by atoms with Crippen molar-refractivity contribution >= 4 is 23.4 Å². The average Bonchev–Trinajstić information content (AvgIpc) is 3.23. The van der Waals surface area contributed by atoms with Crippen LogP contribution < -0.4 is 4.90 Å². The number of thioether (sulfide) groups is 1. The van der Waals surface area contributed by atoms with Crippen molar-refractivity contribution in [1.82, 2.24) is 20.2 Å². The first-order valence-electron chi connectivity index (χ1n) is 8.55. The van der Waals surface area contributed by atoms with Crippen LogP contribution in [0.25, 0.3) is 0 Å². The molecule has 2 aromatic carbocycles. The molecule has 1 aliphatic heterocycles. The number of amides is 1. The molecule has 0 fully saturated rings. The third-order valence-electron chi connectivity index (χ3n) is 4.47. The molecule has 7 heteroatoms. The van der Waals surface area contributed by atoms with Crippen molar-refractivity contribution in [2.45, 2.75) is 31.1 Å². The van der Waals surface area contributed by atoms with E-state index in [9.17, 15) is 4.79 Å². The minimum Gasteiger partial charge on any atom is -0.308 e. The van der Waals surface area contributed by atoms with Crippen LogP contribution in [0, 0.1) is 0 Å². The second-order valence-electron chi connectivity index (χ2n) is 6.34. The molecule has 132 valence electrons. The summed E-state index contributed by atoms with van der Waals surface area (Å²) in [5, 5.41) is 12.5. The Morgan fingerprint density at radius 1 is 1.15 bits per heavy atom. The normalized spacial score (nSPS) is 15.9. The molecule has 1 atom stereocenters. The third kappa shape index (κ3) is 3.35. The fourth-order valence-corrected chi connectivity index (χ4v) is 4.03. The Labute approximate surface area is 156 Å². The van der Waals surface area contributed by atoms with Gasteiger partial charge in [-0.1, -0.05) is 60.3 Å². The second-order valence-corrected chi connectivity index (χ2v) is 7.28. The summed E-state index contributed by atoms with van der Waals surface area (Å²) in [5.41, 5.74) is 3.37. The summed E-state index contributed by atoms with van der Waals surface area (Å²) >= 11 is 1.38. The van der Waals surface area contributed by atoms with E-state index < -0.39 is 0 Å².